The summed E-state index contributed by atoms with van der Waals surface area (Å²) < 4.78 is 10.5. The third-order valence-electron chi connectivity index (χ3n) is 4.55. The molecular formula is C21H19BrN2O6. The molecule has 2 aromatic rings. The first-order valence-electron chi connectivity index (χ1n) is 9.06. The molecule has 0 radical (unpaired) electrons. The SMILES string of the molecule is COC(=O)COc1ccc(NC(=O)CCN2C(=O)c3ccc(Br)cc3C2=O)c(C)c1. The zero-order valence-corrected chi connectivity index (χ0v) is 17.9. The van der Waals surface area contributed by atoms with Crippen molar-refractivity contribution in [3.8, 4) is 5.75 Å². The number of fused-ring (bicyclic) bond motifs is 1. The Morgan fingerprint density at radius 3 is 2.50 bits per heavy atom. The molecule has 0 aliphatic carbocycles. The standard InChI is InChI=1S/C21H19BrN2O6/c1-12-9-14(30-11-19(26)29-2)4-6-17(12)23-18(25)7-8-24-20(27)15-5-3-13(22)10-16(15)21(24)28/h3-6,9-10H,7-8,11H2,1-2H3,(H,23,25). The summed E-state index contributed by atoms with van der Waals surface area (Å²) in [4.78, 5) is 49.4. The zero-order valence-electron chi connectivity index (χ0n) is 16.4. The summed E-state index contributed by atoms with van der Waals surface area (Å²) in [5.41, 5.74) is 1.96. The fourth-order valence-electron chi connectivity index (χ4n) is 2.96. The van der Waals surface area contributed by atoms with Crippen LogP contribution in [0, 0.1) is 6.92 Å². The van der Waals surface area contributed by atoms with E-state index in [9.17, 15) is 19.2 Å². The normalized spacial score (nSPS) is 12.6. The van der Waals surface area contributed by atoms with Crippen LogP contribution in [0.1, 0.15) is 32.7 Å². The number of esters is 1. The predicted octanol–water partition coefficient (Wildman–Crippen LogP) is 2.93. The fourth-order valence-corrected chi connectivity index (χ4v) is 3.32. The Morgan fingerprint density at radius 1 is 1.07 bits per heavy atom. The van der Waals surface area contributed by atoms with Crippen LogP contribution in [-0.4, -0.2) is 48.9 Å². The number of rotatable bonds is 7. The van der Waals surface area contributed by atoms with Gasteiger partial charge in [-0.05, 0) is 48.9 Å². The highest BCUT2D eigenvalue weighted by Gasteiger charge is 2.35. The van der Waals surface area contributed by atoms with Crippen molar-refractivity contribution in [2.75, 3.05) is 25.6 Å². The Labute approximate surface area is 181 Å². The van der Waals surface area contributed by atoms with Crippen molar-refractivity contribution in [1.29, 1.82) is 0 Å². The van der Waals surface area contributed by atoms with Gasteiger partial charge in [0.1, 0.15) is 5.75 Å². The molecule has 0 saturated carbocycles. The number of carbonyl (C=O) groups is 4. The quantitative estimate of drug-likeness (QED) is 0.488. The fraction of sp³-hybridized carbons (Fsp3) is 0.238. The Morgan fingerprint density at radius 2 is 1.80 bits per heavy atom. The number of hydrogen-bond acceptors (Lipinski definition) is 6. The molecule has 9 heteroatoms. The predicted molar refractivity (Wildman–Crippen MR) is 111 cm³/mol. The lowest BCUT2D eigenvalue weighted by Crippen LogP contribution is -2.32. The maximum absolute atomic E-state index is 12.5. The summed E-state index contributed by atoms with van der Waals surface area (Å²) >= 11 is 3.29. The molecule has 1 aliphatic rings. The minimum absolute atomic E-state index is 0.0187. The molecule has 156 valence electrons. The Bertz CT molecular complexity index is 1040. The van der Waals surface area contributed by atoms with Gasteiger partial charge in [-0.2, -0.15) is 0 Å². The number of nitrogens with zero attached hydrogens (tertiary/aromatic N) is 1. The average Bonchev–Trinajstić information content (AvgIpc) is 2.95. The highest BCUT2D eigenvalue weighted by atomic mass is 79.9. The van der Waals surface area contributed by atoms with E-state index in [0.29, 0.717) is 27.0 Å². The third kappa shape index (κ3) is 4.68. The summed E-state index contributed by atoms with van der Waals surface area (Å²) in [7, 11) is 1.27. The molecule has 0 fully saturated rings. The second kappa shape index (κ2) is 9.08. The Kier molecular flexibility index (Phi) is 6.51. The number of benzene rings is 2. The minimum Gasteiger partial charge on any atom is -0.482 e. The first-order valence-corrected chi connectivity index (χ1v) is 9.85. The van der Waals surface area contributed by atoms with Gasteiger partial charge in [0.05, 0.1) is 18.2 Å². The second-order valence-corrected chi connectivity index (χ2v) is 7.51. The van der Waals surface area contributed by atoms with Crippen LogP contribution >= 0.6 is 15.9 Å². The molecule has 1 N–H and O–H groups in total. The van der Waals surface area contributed by atoms with E-state index >= 15 is 0 Å². The smallest absolute Gasteiger partial charge is 0.343 e. The minimum atomic E-state index is -0.495. The number of methoxy groups -OCH3 is 1. The lowest BCUT2D eigenvalue weighted by atomic mass is 10.1. The molecule has 0 spiro atoms. The first kappa shape index (κ1) is 21.5. The maximum atomic E-state index is 12.5. The number of amides is 3. The van der Waals surface area contributed by atoms with E-state index in [1.54, 1.807) is 43.3 Å². The molecule has 3 amide bonds. The van der Waals surface area contributed by atoms with Gasteiger partial charge in [-0.25, -0.2) is 4.79 Å². The number of halogens is 1. The maximum Gasteiger partial charge on any atom is 0.343 e. The van der Waals surface area contributed by atoms with Crippen LogP contribution in [0.5, 0.6) is 5.75 Å². The van der Waals surface area contributed by atoms with Crippen molar-refractivity contribution >= 4 is 45.3 Å². The van der Waals surface area contributed by atoms with Gasteiger partial charge in [0.15, 0.2) is 6.61 Å². The van der Waals surface area contributed by atoms with Gasteiger partial charge in [0.2, 0.25) is 5.91 Å². The number of ether oxygens (including phenoxy) is 2. The van der Waals surface area contributed by atoms with Crippen LogP contribution in [0.25, 0.3) is 0 Å². The van der Waals surface area contributed by atoms with Crippen molar-refractivity contribution < 1.29 is 28.7 Å². The Hall–Kier alpha value is -3.20. The van der Waals surface area contributed by atoms with Crippen LogP contribution < -0.4 is 10.1 Å². The van der Waals surface area contributed by atoms with Crippen LogP contribution in [0.15, 0.2) is 40.9 Å². The summed E-state index contributed by atoms with van der Waals surface area (Å²) in [6.45, 7) is 1.55. The van der Waals surface area contributed by atoms with Crippen molar-refractivity contribution in [1.82, 2.24) is 4.90 Å². The monoisotopic (exact) mass is 474 g/mol. The van der Waals surface area contributed by atoms with Gasteiger partial charge in [-0.3, -0.25) is 19.3 Å². The molecule has 2 aromatic carbocycles. The molecule has 0 aromatic heterocycles. The molecule has 0 unspecified atom stereocenters. The van der Waals surface area contributed by atoms with Gasteiger partial charge < -0.3 is 14.8 Å². The van der Waals surface area contributed by atoms with Crippen molar-refractivity contribution in [2.45, 2.75) is 13.3 Å². The number of nitrogens with one attached hydrogen (secondary N) is 1. The van der Waals surface area contributed by atoms with Crippen molar-refractivity contribution in [3.05, 3.63) is 57.6 Å². The lowest BCUT2D eigenvalue weighted by molar-refractivity contribution is -0.142. The molecule has 0 atom stereocenters. The first-order chi connectivity index (χ1) is 14.3. The molecule has 1 heterocycles. The van der Waals surface area contributed by atoms with E-state index < -0.39 is 17.8 Å². The Balaban J connectivity index is 1.57. The zero-order chi connectivity index (χ0) is 21.8. The van der Waals surface area contributed by atoms with E-state index in [1.165, 1.54) is 7.11 Å². The largest absolute Gasteiger partial charge is 0.482 e. The summed E-state index contributed by atoms with van der Waals surface area (Å²) in [5.74, 6) is -1.18. The van der Waals surface area contributed by atoms with Crippen LogP contribution in [-0.2, 0) is 14.3 Å². The number of carbonyl (C=O) groups excluding carboxylic acids is 4. The van der Waals surface area contributed by atoms with E-state index in [0.717, 1.165) is 10.5 Å². The molecular weight excluding hydrogens is 456 g/mol. The highest BCUT2D eigenvalue weighted by molar-refractivity contribution is 9.10. The number of imide groups is 1. The summed E-state index contributed by atoms with van der Waals surface area (Å²) in [6, 6.07) is 9.84. The van der Waals surface area contributed by atoms with Gasteiger partial charge in [-0.15, -0.1) is 0 Å². The van der Waals surface area contributed by atoms with Gasteiger partial charge in [0.25, 0.3) is 11.8 Å². The van der Waals surface area contributed by atoms with Crippen LogP contribution in [0.2, 0.25) is 0 Å². The van der Waals surface area contributed by atoms with E-state index in [2.05, 4.69) is 26.0 Å². The highest BCUT2D eigenvalue weighted by Crippen LogP contribution is 2.26. The number of hydrogen-bond donors (Lipinski definition) is 1. The topological polar surface area (TPSA) is 102 Å². The summed E-state index contributed by atoms with van der Waals surface area (Å²) in [5, 5.41) is 2.75. The molecule has 8 nitrogen and oxygen atoms in total. The van der Waals surface area contributed by atoms with E-state index in [1.807, 2.05) is 0 Å². The molecule has 3 rings (SSSR count). The molecule has 0 bridgehead atoms. The molecule has 1 aliphatic heterocycles. The molecule has 30 heavy (non-hydrogen) atoms. The molecule has 0 saturated heterocycles. The van der Waals surface area contributed by atoms with Gasteiger partial charge in [-0.1, -0.05) is 15.9 Å². The van der Waals surface area contributed by atoms with E-state index in [-0.39, 0.29) is 25.5 Å². The average molecular weight is 475 g/mol. The number of aryl methyl sites for hydroxylation is 1. The van der Waals surface area contributed by atoms with Crippen LogP contribution in [0.4, 0.5) is 5.69 Å². The van der Waals surface area contributed by atoms with Gasteiger partial charge in [0, 0.05) is 23.1 Å². The second-order valence-electron chi connectivity index (χ2n) is 6.59. The van der Waals surface area contributed by atoms with E-state index in [4.69, 9.17) is 4.74 Å². The van der Waals surface area contributed by atoms with Crippen molar-refractivity contribution in [3.63, 3.8) is 0 Å². The lowest BCUT2D eigenvalue weighted by Gasteiger charge is -2.14. The van der Waals surface area contributed by atoms with Crippen molar-refractivity contribution in [2.24, 2.45) is 0 Å². The van der Waals surface area contributed by atoms with Crippen LogP contribution in [0.3, 0.4) is 0 Å². The number of anilines is 1. The van der Waals surface area contributed by atoms with Gasteiger partial charge >= 0.3 is 5.97 Å². The summed E-state index contributed by atoms with van der Waals surface area (Å²) in [6.07, 6.45) is -0.0350. The third-order valence-corrected chi connectivity index (χ3v) is 5.04.